The molecular weight excluding hydrogens is 356 g/mol. The van der Waals surface area contributed by atoms with Gasteiger partial charge in [0.15, 0.2) is 0 Å². The molecule has 1 aliphatic carbocycles. The molecule has 0 aliphatic heterocycles. The molecule has 6 heteroatoms. The van der Waals surface area contributed by atoms with E-state index in [2.05, 4.69) is 17.2 Å². The van der Waals surface area contributed by atoms with Crippen LogP contribution in [0.15, 0.2) is 42.5 Å². The molecule has 144 valence electrons. The highest BCUT2D eigenvalue weighted by atomic mass is 16.6. The summed E-state index contributed by atoms with van der Waals surface area (Å²) in [5.74, 6) is 6.64. The number of hydrogen-bond donors (Lipinski definition) is 1. The molecule has 0 bridgehead atoms. The minimum absolute atomic E-state index is 0.0459. The van der Waals surface area contributed by atoms with E-state index in [0.717, 1.165) is 43.4 Å². The van der Waals surface area contributed by atoms with Crippen LogP contribution < -0.4 is 10.1 Å². The van der Waals surface area contributed by atoms with Crippen LogP contribution in [0.2, 0.25) is 0 Å². The summed E-state index contributed by atoms with van der Waals surface area (Å²) >= 11 is 0. The molecule has 0 radical (unpaired) electrons. The number of carbonyl (C=O) groups excluding carboxylic acids is 1. The van der Waals surface area contributed by atoms with Crippen molar-refractivity contribution in [3.8, 4) is 17.6 Å². The number of nitrogens with one attached hydrogen (secondary N) is 1. The van der Waals surface area contributed by atoms with Gasteiger partial charge in [0.25, 0.3) is 5.69 Å². The largest absolute Gasteiger partial charge is 0.497 e. The average Bonchev–Trinajstić information content (AvgIpc) is 2.73. The molecule has 0 atom stereocenters. The highest BCUT2D eigenvalue weighted by Crippen LogP contribution is 2.27. The number of anilines is 1. The average molecular weight is 378 g/mol. The number of rotatable bonds is 4. The third-order valence-electron chi connectivity index (χ3n) is 4.88. The van der Waals surface area contributed by atoms with Crippen LogP contribution in [-0.2, 0) is 4.79 Å². The molecule has 6 nitrogen and oxygen atoms in total. The van der Waals surface area contributed by atoms with Gasteiger partial charge in [-0.1, -0.05) is 31.1 Å². The van der Waals surface area contributed by atoms with Gasteiger partial charge in [-0.3, -0.25) is 14.9 Å². The van der Waals surface area contributed by atoms with E-state index in [1.807, 2.05) is 24.3 Å². The minimum Gasteiger partial charge on any atom is -0.497 e. The fraction of sp³-hybridized carbons (Fsp3) is 0.318. The zero-order chi connectivity index (χ0) is 19.9. The predicted octanol–water partition coefficient (Wildman–Crippen LogP) is 4.52. The number of nitrogens with zero attached hydrogens (tertiary/aromatic N) is 1. The second-order valence-corrected chi connectivity index (χ2v) is 6.79. The molecule has 0 aromatic heterocycles. The molecule has 3 rings (SSSR count). The van der Waals surface area contributed by atoms with E-state index >= 15 is 0 Å². The van der Waals surface area contributed by atoms with Crippen LogP contribution >= 0.6 is 0 Å². The summed E-state index contributed by atoms with van der Waals surface area (Å²) in [6.45, 7) is 0. The van der Waals surface area contributed by atoms with E-state index < -0.39 is 4.92 Å². The number of amides is 1. The molecule has 0 heterocycles. The van der Waals surface area contributed by atoms with Gasteiger partial charge < -0.3 is 10.1 Å². The number of ether oxygens (including phenoxy) is 1. The zero-order valence-electron chi connectivity index (χ0n) is 15.7. The smallest absolute Gasteiger partial charge is 0.271 e. The molecule has 1 amide bonds. The Labute approximate surface area is 164 Å². The number of hydrogen-bond acceptors (Lipinski definition) is 4. The van der Waals surface area contributed by atoms with Gasteiger partial charge in [-0.05, 0) is 43.2 Å². The van der Waals surface area contributed by atoms with E-state index in [9.17, 15) is 14.9 Å². The molecule has 28 heavy (non-hydrogen) atoms. The Kier molecular flexibility index (Phi) is 6.28. The number of benzene rings is 2. The summed E-state index contributed by atoms with van der Waals surface area (Å²) in [5, 5.41) is 14.0. The first-order chi connectivity index (χ1) is 13.6. The summed E-state index contributed by atoms with van der Waals surface area (Å²) in [6, 6.07) is 11.6. The van der Waals surface area contributed by atoms with Gasteiger partial charge in [0, 0.05) is 29.2 Å². The van der Waals surface area contributed by atoms with Gasteiger partial charge in [0.1, 0.15) is 5.75 Å². The van der Waals surface area contributed by atoms with Gasteiger partial charge >= 0.3 is 0 Å². The Morgan fingerprint density at radius 2 is 1.82 bits per heavy atom. The number of nitro benzene ring substituents is 1. The Hall–Kier alpha value is -3.33. The lowest BCUT2D eigenvalue weighted by Crippen LogP contribution is -2.25. The topological polar surface area (TPSA) is 81.5 Å². The maximum Gasteiger partial charge on any atom is 0.271 e. The van der Waals surface area contributed by atoms with Crippen LogP contribution in [0.1, 0.15) is 43.2 Å². The molecule has 1 fully saturated rings. The molecule has 0 unspecified atom stereocenters. The monoisotopic (exact) mass is 378 g/mol. The van der Waals surface area contributed by atoms with Crippen LogP contribution in [0.25, 0.3) is 0 Å². The van der Waals surface area contributed by atoms with Crippen molar-refractivity contribution in [2.75, 3.05) is 12.4 Å². The quantitative estimate of drug-likeness (QED) is 0.482. The van der Waals surface area contributed by atoms with E-state index in [-0.39, 0.29) is 17.5 Å². The van der Waals surface area contributed by atoms with Gasteiger partial charge in [0.2, 0.25) is 5.91 Å². The van der Waals surface area contributed by atoms with Crippen LogP contribution in [-0.4, -0.2) is 17.9 Å². The van der Waals surface area contributed by atoms with Gasteiger partial charge in [-0.15, -0.1) is 0 Å². The molecule has 1 N–H and O–H groups in total. The molecule has 1 saturated carbocycles. The minimum atomic E-state index is -0.475. The van der Waals surface area contributed by atoms with Crippen molar-refractivity contribution in [2.24, 2.45) is 5.92 Å². The molecule has 2 aromatic rings. The van der Waals surface area contributed by atoms with Crippen molar-refractivity contribution < 1.29 is 14.5 Å². The molecule has 2 aromatic carbocycles. The highest BCUT2D eigenvalue weighted by molar-refractivity contribution is 5.94. The summed E-state index contributed by atoms with van der Waals surface area (Å²) in [5.41, 5.74) is 1.63. The fourth-order valence-electron chi connectivity index (χ4n) is 3.27. The standard InChI is InChI=1S/C22H22N2O4/c1-28-20-13-8-16(9-14-20)7-10-17-11-12-19(24(26)27)15-21(17)23-22(25)18-5-3-2-4-6-18/h8-9,11-15,18H,2-6H2,1H3,(H,23,25). The SMILES string of the molecule is COc1ccc(C#Cc2ccc([N+](=O)[O-])cc2NC(=O)C2CCCCC2)cc1. The van der Waals surface area contributed by atoms with E-state index in [1.54, 1.807) is 13.2 Å². The fourth-order valence-corrected chi connectivity index (χ4v) is 3.27. The Balaban J connectivity index is 1.86. The normalized spacial score (nSPS) is 13.9. The van der Waals surface area contributed by atoms with Crippen LogP contribution in [0.5, 0.6) is 5.75 Å². The Morgan fingerprint density at radius 3 is 2.46 bits per heavy atom. The third kappa shape index (κ3) is 4.89. The summed E-state index contributed by atoms with van der Waals surface area (Å²) in [4.78, 5) is 23.3. The molecule has 0 spiro atoms. The Bertz CT molecular complexity index is 920. The van der Waals surface area contributed by atoms with Crippen LogP contribution in [0, 0.1) is 27.9 Å². The first-order valence-electron chi connectivity index (χ1n) is 9.32. The van der Waals surface area contributed by atoms with E-state index in [1.165, 1.54) is 12.1 Å². The van der Waals surface area contributed by atoms with Gasteiger partial charge in [-0.25, -0.2) is 0 Å². The van der Waals surface area contributed by atoms with Crippen molar-refractivity contribution in [1.82, 2.24) is 0 Å². The maximum absolute atomic E-state index is 12.6. The van der Waals surface area contributed by atoms with Crippen molar-refractivity contribution >= 4 is 17.3 Å². The summed E-state index contributed by atoms with van der Waals surface area (Å²) < 4.78 is 5.13. The summed E-state index contributed by atoms with van der Waals surface area (Å²) in [7, 11) is 1.60. The zero-order valence-corrected chi connectivity index (χ0v) is 15.7. The second-order valence-electron chi connectivity index (χ2n) is 6.79. The van der Waals surface area contributed by atoms with Gasteiger partial charge in [-0.2, -0.15) is 0 Å². The number of carbonyl (C=O) groups is 1. The lowest BCUT2D eigenvalue weighted by atomic mass is 9.88. The first kappa shape index (κ1) is 19.4. The third-order valence-corrected chi connectivity index (χ3v) is 4.88. The van der Waals surface area contributed by atoms with Crippen molar-refractivity contribution in [3.63, 3.8) is 0 Å². The first-order valence-corrected chi connectivity index (χ1v) is 9.32. The van der Waals surface area contributed by atoms with Crippen LogP contribution in [0.3, 0.4) is 0 Å². The van der Waals surface area contributed by atoms with Crippen molar-refractivity contribution in [3.05, 3.63) is 63.7 Å². The lowest BCUT2D eigenvalue weighted by Gasteiger charge is -2.21. The van der Waals surface area contributed by atoms with Crippen molar-refractivity contribution in [1.29, 1.82) is 0 Å². The number of methoxy groups -OCH3 is 1. The molecular formula is C22H22N2O4. The number of non-ortho nitro benzene ring substituents is 1. The van der Waals surface area contributed by atoms with Crippen molar-refractivity contribution in [2.45, 2.75) is 32.1 Å². The molecule has 1 aliphatic rings. The lowest BCUT2D eigenvalue weighted by molar-refractivity contribution is -0.384. The summed E-state index contributed by atoms with van der Waals surface area (Å²) in [6.07, 6.45) is 4.94. The predicted molar refractivity (Wildman–Crippen MR) is 107 cm³/mol. The van der Waals surface area contributed by atoms with Gasteiger partial charge in [0.05, 0.1) is 17.7 Å². The highest BCUT2D eigenvalue weighted by Gasteiger charge is 2.22. The maximum atomic E-state index is 12.6. The van der Waals surface area contributed by atoms with E-state index in [0.29, 0.717) is 11.3 Å². The van der Waals surface area contributed by atoms with E-state index in [4.69, 9.17) is 4.74 Å². The Morgan fingerprint density at radius 1 is 1.11 bits per heavy atom. The second kappa shape index (κ2) is 9.05. The molecule has 0 saturated heterocycles. The number of nitro groups is 1. The van der Waals surface area contributed by atoms with Crippen LogP contribution in [0.4, 0.5) is 11.4 Å².